The fourth-order valence-corrected chi connectivity index (χ4v) is 1.59. The van der Waals surface area contributed by atoms with Crippen LogP contribution in [-0.2, 0) is 4.74 Å². The molecule has 1 heterocycles. The summed E-state index contributed by atoms with van der Waals surface area (Å²) in [6.45, 7) is 4.57. The van der Waals surface area contributed by atoms with Crippen LogP contribution in [0, 0.1) is 0 Å². The summed E-state index contributed by atoms with van der Waals surface area (Å²) in [6, 6.07) is 0.239. The number of hydrogen-bond donors (Lipinski definition) is 2. The molecule has 0 aliphatic carbocycles. The number of nitrogens with one attached hydrogen (secondary N) is 1. The van der Waals surface area contributed by atoms with Gasteiger partial charge >= 0.3 is 0 Å². The van der Waals surface area contributed by atoms with E-state index in [4.69, 9.17) is 10.6 Å². The van der Waals surface area contributed by atoms with Crippen molar-refractivity contribution in [3.63, 3.8) is 0 Å². The zero-order valence-electron chi connectivity index (χ0n) is 7.46. The Morgan fingerprint density at radius 3 is 3.00 bits per heavy atom. The lowest BCUT2D eigenvalue weighted by atomic mass is 10.0. The minimum atomic E-state index is 0.239. The van der Waals surface area contributed by atoms with Crippen molar-refractivity contribution in [1.82, 2.24) is 5.43 Å². The van der Waals surface area contributed by atoms with E-state index in [0.29, 0.717) is 0 Å². The maximum atomic E-state index is 5.59. The van der Waals surface area contributed by atoms with E-state index in [-0.39, 0.29) is 12.1 Å². The molecule has 12 heavy (non-hydrogen) atoms. The lowest BCUT2D eigenvalue weighted by Crippen LogP contribution is -2.46. The second-order valence-electron chi connectivity index (χ2n) is 3.20. The highest BCUT2D eigenvalue weighted by atomic mass is 16.5. The number of ether oxygens (including phenoxy) is 1. The Morgan fingerprint density at radius 2 is 2.50 bits per heavy atom. The maximum Gasteiger partial charge on any atom is 0.0744 e. The first-order chi connectivity index (χ1) is 5.88. The standard InChI is InChI=1S/C9H18N2O/c1-2-5-8(11-10)9-6-3-4-7-12-9/h2,8-9,11H,1,3-7,10H2. The Bertz CT molecular complexity index is 132. The van der Waals surface area contributed by atoms with Crippen LogP contribution in [0.15, 0.2) is 12.7 Å². The van der Waals surface area contributed by atoms with Crippen LogP contribution in [0.1, 0.15) is 25.7 Å². The first-order valence-corrected chi connectivity index (χ1v) is 4.57. The predicted octanol–water partition coefficient (Wildman–Crippen LogP) is 0.963. The molecule has 1 aliphatic rings. The van der Waals surface area contributed by atoms with Gasteiger partial charge < -0.3 is 4.74 Å². The molecule has 70 valence electrons. The molecule has 1 fully saturated rings. The molecular weight excluding hydrogens is 152 g/mol. The van der Waals surface area contributed by atoms with Crippen molar-refractivity contribution in [3.05, 3.63) is 12.7 Å². The van der Waals surface area contributed by atoms with Gasteiger partial charge in [0.05, 0.1) is 12.1 Å². The van der Waals surface area contributed by atoms with E-state index >= 15 is 0 Å². The van der Waals surface area contributed by atoms with Crippen molar-refractivity contribution in [1.29, 1.82) is 0 Å². The molecule has 0 aromatic carbocycles. The summed E-state index contributed by atoms with van der Waals surface area (Å²) in [6.07, 6.45) is 6.58. The zero-order chi connectivity index (χ0) is 8.81. The van der Waals surface area contributed by atoms with Crippen molar-refractivity contribution >= 4 is 0 Å². The fourth-order valence-electron chi connectivity index (χ4n) is 1.59. The van der Waals surface area contributed by atoms with E-state index in [2.05, 4.69) is 12.0 Å². The van der Waals surface area contributed by atoms with E-state index in [1.807, 2.05) is 6.08 Å². The Hall–Kier alpha value is -0.380. The summed E-state index contributed by atoms with van der Waals surface area (Å²) in [5.41, 5.74) is 2.78. The summed E-state index contributed by atoms with van der Waals surface area (Å²) in [5.74, 6) is 5.41. The van der Waals surface area contributed by atoms with Crippen molar-refractivity contribution in [2.75, 3.05) is 6.61 Å². The van der Waals surface area contributed by atoms with Gasteiger partial charge in [0.15, 0.2) is 0 Å². The molecule has 2 atom stereocenters. The first kappa shape index (κ1) is 9.71. The lowest BCUT2D eigenvalue weighted by Gasteiger charge is -2.29. The molecule has 0 aromatic heterocycles. The average molecular weight is 170 g/mol. The highest BCUT2D eigenvalue weighted by molar-refractivity contribution is 4.84. The summed E-state index contributed by atoms with van der Waals surface area (Å²) >= 11 is 0. The molecular formula is C9H18N2O. The monoisotopic (exact) mass is 170 g/mol. The molecule has 3 N–H and O–H groups in total. The molecule has 0 amide bonds. The van der Waals surface area contributed by atoms with E-state index in [1.54, 1.807) is 0 Å². The van der Waals surface area contributed by atoms with Gasteiger partial charge in [-0.15, -0.1) is 6.58 Å². The molecule has 3 nitrogen and oxygen atoms in total. The fraction of sp³-hybridized carbons (Fsp3) is 0.778. The van der Waals surface area contributed by atoms with Crippen molar-refractivity contribution in [3.8, 4) is 0 Å². The third-order valence-corrected chi connectivity index (χ3v) is 2.30. The van der Waals surface area contributed by atoms with Crippen LogP contribution in [0.2, 0.25) is 0 Å². The Labute approximate surface area is 73.9 Å². The van der Waals surface area contributed by atoms with Crippen LogP contribution in [0.25, 0.3) is 0 Å². The van der Waals surface area contributed by atoms with E-state index in [0.717, 1.165) is 19.4 Å². The largest absolute Gasteiger partial charge is 0.377 e. The maximum absolute atomic E-state index is 5.59. The number of hydrazine groups is 1. The van der Waals surface area contributed by atoms with Crippen molar-refractivity contribution in [2.24, 2.45) is 5.84 Å². The molecule has 0 aromatic rings. The molecule has 0 bridgehead atoms. The van der Waals surface area contributed by atoms with Gasteiger partial charge in [0.1, 0.15) is 0 Å². The van der Waals surface area contributed by atoms with Crippen molar-refractivity contribution < 1.29 is 4.74 Å². The SMILES string of the molecule is C=CCC(NN)C1CCCCO1. The summed E-state index contributed by atoms with van der Waals surface area (Å²) in [7, 11) is 0. The van der Waals surface area contributed by atoms with Gasteiger partial charge in [-0.3, -0.25) is 11.3 Å². The summed E-state index contributed by atoms with van der Waals surface area (Å²) < 4.78 is 5.59. The topological polar surface area (TPSA) is 47.3 Å². The molecule has 2 unspecified atom stereocenters. The summed E-state index contributed by atoms with van der Waals surface area (Å²) in [5, 5.41) is 0. The van der Waals surface area contributed by atoms with Crippen LogP contribution in [0.4, 0.5) is 0 Å². The highest BCUT2D eigenvalue weighted by Gasteiger charge is 2.21. The Balaban J connectivity index is 2.34. The van der Waals surface area contributed by atoms with Crippen LogP contribution in [0.5, 0.6) is 0 Å². The minimum Gasteiger partial charge on any atom is -0.377 e. The van der Waals surface area contributed by atoms with Gasteiger partial charge in [-0.1, -0.05) is 6.08 Å². The lowest BCUT2D eigenvalue weighted by molar-refractivity contribution is -0.00687. The van der Waals surface area contributed by atoms with E-state index in [9.17, 15) is 0 Å². The minimum absolute atomic E-state index is 0.239. The number of hydrogen-bond acceptors (Lipinski definition) is 3. The Kier molecular flexibility index (Phi) is 4.29. The van der Waals surface area contributed by atoms with Crippen LogP contribution in [0.3, 0.4) is 0 Å². The molecule has 0 spiro atoms. The van der Waals surface area contributed by atoms with Crippen molar-refractivity contribution in [2.45, 2.75) is 37.8 Å². The predicted molar refractivity (Wildman–Crippen MR) is 49.5 cm³/mol. The van der Waals surface area contributed by atoms with Crippen LogP contribution < -0.4 is 11.3 Å². The molecule has 3 heteroatoms. The second kappa shape index (κ2) is 5.30. The van der Waals surface area contributed by atoms with Crippen LogP contribution in [-0.4, -0.2) is 18.8 Å². The second-order valence-corrected chi connectivity index (χ2v) is 3.20. The highest BCUT2D eigenvalue weighted by Crippen LogP contribution is 2.17. The average Bonchev–Trinajstić information content (AvgIpc) is 2.15. The van der Waals surface area contributed by atoms with Crippen LogP contribution >= 0.6 is 0 Å². The smallest absolute Gasteiger partial charge is 0.0744 e. The van der Waals surface area contributed by atoms with Gasteiger partial charge in [0, 0.05) is 6.61 Å². The van der Waals surface area contributed by atoms with E-state index < -0.39 is 0 Å². The summed E-state index contributed by atoms with van der Waals surface area (Å²) in [4.78, 5) is 0. The molecule has 1 rings (SSSR count). The van der Waals surface area contributed by atoms with Gasteiger partial charge in [0.2, 0.25) is 0 Å². The van der Waals surface area contributed by atoms with Gasteiger partial charge in [-0.25, -0.2) is 0 Å². The Morgan fingerprint density at radius 1 is 1.67 bits per heavy atom. The van der Waals surface area contributed by atoms with Gasteiger partial charge in [-0.05, 0) is 25.7 Å². The number of rotatable bonds is 4. The third-order valence-electron chi connectivity index (χ3n) is 2.30. The molecule has 1 aliphatic heterocycles. The third kappa shape index (κ3) is 2.59. The normalized spacial score (nSPS) is 26.6. The van der Waals surface area contributed by atoms with E-state index in [1.165, 1.54) is 12.8 Å². The van der Waals surface area contributed by atoms with Gasteiger partial charge in [0.25, 0.3) is 0 Å². The number of nitrogens with two attached hydrogens (primary N) is 1. The zero-order valence-corrected chi connectivity index (χ0v) is 7.46. The molecule has 0 saturated carbocycles. The first-order valence-electron chi connectivity index (χ1n) is 4.57. The molecule has 1 saturated heterocycles. The van der Waals surface area contributed by atoms with Gasteiger partial charge in [-0.2, -0.15) is 0 Å². The molecule has 0 radical (unpaired) electrons. The quantitative estimate of drug-likeness (QED) is 0.375.